The van der Waals surface area contributed by atoms with Crippen molar-refractivity contribution in [3.8, 4) is 11.5 Å². The smallest absolute Gasteiger partial charge is 0.356 e. The summed E-state index contributed by atoms with van der Waals surface area (Å²) in [6, 6.07) is 7.09. The molecule has 0 aliphatic rings. The van der Waals surface area contributed by atoms with Crippen molar-refractivity contribution in [3.05, 3.63) is 30.0 Å². The SMILES string of the molecule is CCOc1cc(C(=O)OC)nc2c(OC)cccc12. The standard InChI is InChI=1S/C14H15NO4/c1-4-19-12-8-10(14(16)18-3)15-13-9(12)6-5-7-11(13)17-2/h5-8H,4H2,1-3H3. The summed E-state index contributed by atoms with van der Waals surface area (Å²) in [5, 5.41) is 0.800. The molecule has 0 atom stereocenters. The van der Waals surface area contributed by atoms with Crippen LogP contribution in [0.5, 0.6) is 11.5 Å². The number of hydrogen-bond donors (Lipinski definition) is 0. The van der Waals surface area contributed by atoms with E-state index in [1.54, 1.807) is 19.2 Å². The Hall–Kier alpha value is -2.30. The molecule has 0 saturated heterocycles. The van der Waals surface area contributed by atoms with Crippen LogP contribution in [0.1, 0.15) is 17.4 Å². The molecule has 1 heterocycles. The lowest BCUT2D eigenvalue weighted by atomic mass is 10.1. The molecule has 1 aromatic carbocycles. The average molecular weight is 261 g/mol. The Kier molecular flexibility index (Phi) is 3.85. The lowest BCUT2D eigenvalue weighted by Gasteiger charge is -2.11. The van der Waals surface area contributed by atoms with Crippen molar-refractivity contribution in [2.24, 2.45) is 0 Å². The highest BCUT2D eigenvalue weighted by Crippen LogP contribution is 2.31. The predicted molar refractivity (Wildman–Crippen MR) is 70.8 cm³/mol. The van der Waals surface area contributed by atoms with Gasteiger partial charge in [0.1, 0.15) is 17.0 Å². The molecule has 5 heteroatoms. The fourth-order valence-electron chi connectivity index (χ4n) is 1.84. The van der Waals surface area contributed by atoms with Gasteiger partial charge < -0.3 is 14.2 Å². The second kappa shape index (κ2) is 5.56. The van der Waals surface area contributed by atoms with E-state index < -0.39 is 5.97 Å². The number of aromatic nitrogens is 1. The van der Waals surface area contributed by atoms with E-state index in [9.17, 15) is 4.79 Å². The summed E-state index contributed by atoms with van der Waals surface area (Å²) in [7, 11) is 2.87. The van der Waals surface area contributed by atoms with Crippen LogP contribution in [-0.4, -0.2) is 31.8 Å². The monoisotopic (exact) mass is 261 g/mol. The number of ether oxygens (including phenoxy) is 3. The average Bonchev–Trinajstić information content (AvgIpc) is 2.45. The van der Waals surface area contributed by atoms with Gasteiger partial charge in [0.2, 0.25) is 0 Å². The number of carbonyl (C=O) groups excluding carboxylic acids is 1. The fraction of sp³-hybridized carbons (Fsp3) is 0.286. The number of hydrogen-bond acceptors (Lipinski definition) is 5. The molecule has 2 aromatic rings. The summed E-state index contributed by atoms with van der Waals surface area (Å²) < 4.78 is 15.5. The van der Waals surface area contributed by atoms with Gasteiger partial charge in [-0.3, -0.25) is 0 Å². The van der Waals surface area contributed by atoms with Crippen LogP contribution in [0.4, 0.5) is 0 Å². The Labute approximate surface area is 111 Å². The van der Waals surface area contributed by atoms with Crippen LogP contribution in [0.15, 0.2) is 24.3 Å². The van der Waals surface area contributed by atoms with E-state index in [2.05, 4.69) is 4.98 Å². The van der Waals surface area contributed by atoms with Crippen molar-refractivity contribution in [3.63, 3.8) is 0 Å². The fourth-order valence-corrected chi connectivity index (χ4v) is 1.84. The van der Waals surface area contributed by atoms with Crippen LogP contribution in [0.3, 0.4) is 0 Å². The second-order valence-electron chi connectivity index (χ2n) is 3.79. The van der Waals surface area contributed by atoms with Crippen molar-refractivity contribution < 1.29 is 19.0 Å². The molecule has 0 spiro atoms. The second-order valence-corrected chi connectivity index (χ2v) is 3.79. The molecule has 1 aromatic heterocycles. The summed E-state index contributed by atoms with van der Waals surface area (Å²) >= 11 is 0. The highest BCUT2D eigenvalue weighted by molar-refractivity contribution is 5.96. The Balaban J connectivity index is 2.72. The minimum atomic E-state index is -0.506. The number of para-hydroxylation sites is 1. The van der Waals surface area contributed by atoms with Crippen molar-refractivity contribution >= 4 is 16.9 Å². The van der Waals surface area contributed by atoms with Gasteiger partial charge >= 0.3 is 5.97 Å². The summed E-state index contributed by atoms with van der Waals surface area (Å²) in [6.45, 7) is 2.38. The van der Waals surface area contributed by atoms with Gasteiger partial charge in [-0.05, 0) is 19.1 Å². The minimum Gasteiger partial charge on any atom is -0.494 e. The first-order valence-corrected chi connectivity index (χ1v) is 5.90. The van der Waals surface area contributed by atoms with Gasteiger partial charge in [0.15, 0.2) is 5.69 Å². The van der Waals surface area contributed by atoms with Gasteiger partial charge in [0.05, 0.1) is 20.8 Å². The number of nitrogens with zero attached hydrogens (tertiary/aromatic N) is 1. The van der Waals surface area contributed by atoms with Crippen LogP contribution in [-0.2, 0) is 4.74 Å². The maximum absolute atomic E-state index is 11.6. The van der Waals surface area contributed by atoms with Crippen LogP contribution < -0.4 is 9.47 Å². The molecule has 100 valence electrons. The zero-order valence-electron chi connectivity index (χ0n) is 11.1. The predicted octanol–water partition coefficient (Wildman–Crippen LogP) is 2.43. The van der Waals surface area contributed by atoms with Gasteiger partial charge in [-0.15, -0.1) is 0 Å². The van der Waals surface area contributed by atoms with Crippen LogP contribution in [0.25, 0.3) is 10.9 Å². The van der Waals surface area contributed by atoms with E-state index in [1.165, 1.54) is 7.11 Å². The maximum Gasteiger partial charge on any atom is 0.356 e. The summed E-state index contributed by atoms with van der Waals surface area (Å²) in [4.78, 5) is 15.9. The van der Waals surface area contributed by atoms with E-state index in [-0.39, 0.29) is 5.69 Å². The number of methoxy groups -OCH3 is 2. The number of pyridine rings is 1. The molecule has 0 bridgehead atoms. The molecule has 2 rings (SSSR count). The summed E-state index contributed by atoms with van der Waals surface area (Å²) in [6.07, 6.45) is 0. The number of benzene rings is 1. The number of fused-ring (bicyclic) bond motifs is 1. The zero-order chi connectivity index (χ0) is 13.8. The number of esters is 1. The first kappa shape index (κ1) is 13.1. The lowest BCUT2D eigenvalue weighted by Crippen LogP contribution is -2.06. The molecular weight excluding hydrogens is 246 g/mol. The van der Waals surface area contributed by atoms with E-state index in [0.717, 1.165) is 5.39 Å². The van der Waals surface area contributed by atoms with Crippen molar-refractivity contribution in [1.82, 2.24) is 4.98 Å². The quantitative estimate of drug-likeness (QED) is 0.791. The first-order chi connectivity index (χ1) is 9.21. The number of carbonyl (C=O) groups is 1. The topological polar surface area (TPSA) is 57.7 Å². The zero-order valence-corrected chi connectivity index (χ0v) is 11.1. The molecule has 0 radical (unpaired) electrons. The normalized spacial score (nSPS) is 10.3. The van der Waals surface area contributed by atoms with Crippen LogP contribution in [0.2, 0.25) is 0 Å². The van der Waals surface area contributed by atoms with Gasteiger partial charge in [-0.25, -0.2) is 9.78 Å². The van der Waals surface area contributed by atoms with Gasteiger partial charge in [0, 0.05) is 11.5 Å². The summed E-state index contributed by atoms with van der Waals surface area (Å²) in [5.74, 6) is 0.671. The van der Waals surface area contributed by atoms with E-state index in [0.29, 0.717) is 23.6 Å². The van der Waals surface area contributed by atoms with Gasteiger partial charge in [-0.2, -0.15) is 0 Å². The van der Waals surface area contributed by atoms with Crippen molar-refractivity contribution in [2.75, 3.05) is 20.8 Å². The molecule has 19 heavy (non-hydrogen) atoms. The van der Waals surface area contributed by atoms with Crippen LogP contribution in [0, 0.1) is 0 Å². The Bertz CT molecular complexity index is 610. The lowest BCUT2D eigenvalue weighted by molar-refractivity contribution is 0.0594. The van der Waals surface area contributed by atoms with Crippen molar-refractivity contribution in [2.45, 2.75) is 6.92 Å². The van der Waals surface area contributed by atoms with Gasteiger partial charge in [-0.1, -0.05) is 6.07 Å². The molecule has 0 aliphatic heterocycles. The van der Waals surface area contributed by atoms with Gasteiger partial charge in [0.25, 0.3) is 0 Å². The molecule has 0 N–H and O–H groups in total. The third kappa shape index (κ3) is 2.45. The number of rotatable bonds is 4. The molecule has 0 unspecified atom stereocenters. The molecular formula is C14H15NO4. The van der Waals surface area contributed by atoms with E-state index >= 15 is 0 Å². The Morgan fingerprint density at radius 2 is 2.05 bits per heavy atom. The van der Waals surface area contributed by atoms with E-state index in [4.69, 9.17) is 14.2 Å². The maximum atomic E-state index is 11.6. The third-order valence-electron chi connectivity index (χ3n) is 2.68. The molecule has 0 aliphatic carbocycles. The Morgan fingerprint density at radius 1 is 1.26 bits per heavy atom. The molecule has 0 saturated carbocycles. The summed E-state index contributed by atoms with van der Waals surface area (Å²) in [5.41, 5.74) is 0.777. The highest BCUT2D eigenvalue weighted by atomic mass is 16.5. The Morgan fingerprint density at radius 3 is 2.68 bits per heavy atom. The first-order valence-electron chi connectivity index (χ1n) is 5.90. The largest absolute Gasteiger partial charge is 0.494 e. The molecule has 5 nitrogen and oxygen atoms in total. The highest BCUT2D eigenvalue weighted by Gasteiger charge is 2.15. The van der Waals surface area contributed by atoms with Crippen LogP contribution >= 0.6 is 0 Å². The third-order valence-corrected chi connectivity index (χ3v) is 2.68. The van der Waals surface area contributed by atoms with E-state index in [1.807, 2.05) is 19.1 Å². The molecule has 0 fully saturated rings. The van der Waals surface area contributed by atoms with Crippen molar-refractivity contribution in [1.29, 1.82) is 0 Å². The minimum absolute atomic E-state index is 0.197. The molecule has 0 amide bonds.